The van der Waals surface area contributed by atoms with Gasteiger partial charge >= 0.3 is 0 Å². The summed E-state index contributed by atoms with van der Waals surface area (Å²) < 4.78 is 33.6. The molecular formula is C25H19F2NO2. The molecule has 3 aromatic carbocycles. The minimum Gasteiger partial charge on any atom is -0.463 e. The summed E-state index contributed by atoms with van der Waals surface area (Å²) in [5.74, 6) is -1.66. The Balaban J connectivity index is 1.55. The van der Waals surface area contributed by atoms with E-state index in [0.29, 0.717) is 16.7 Å². The maximum Gasteiger partial charge on any atom is 0.209 e. The van der Waals surface area contributed by atoms with Gasteiger partial charge in [-0.3, -0.25) is 4.79 Å². The highest BCUT2D eigenvalue weighted by Gasteiger charge is 2.54. The normalized spacial score (nSPS) is 20.3. The molecule has 2 aliphatic heterocycles. The number of carbonyl (C=O) groups excluding carboxylic acids is 1. The van der Waals surface area contributed by atoms with Crippen LogP contribution < -0.4 is 10.1 Å². The van der Waals surface area contributed by atoms with E-state index in [2.05, 4.69) is 5.32 Å². The summed E-state index contributed by atoms with van der Waals surface area (Å²) in [4.78, 5) is 12.9. The molecule has 1 N–H and O–H groups in total. The molecule has 0 amide bonds. The highest BCUT2D eigenvalue weighted by atomic mass is 19.2. The van der Waals surface area contributed by atoms with Gasteiger partial charge in [-0.1, -0.05) is 30.3 Å². The van der Waals surface area contributed by atoms with Gasteiger partial charge in [0.05, 0.1) is 5.41 Å². The van der Waals surface area contributed by atoms with Crippen molar-refractivity contribution in [2.45, 2.75) is 25.0 Å². The molecular weight excluding hydrogens is 384 g/mol. The van der Waals surface area contributed by atoms with Gasteiger partial charge in [0, 0.05) is 28.4 Å². The number of rotatable bonds is 2. The van der Waals surface area contributed by atoms with E-state index in [1.165, 1.54) is 0 Å². The van der Waals surface area contributed by atoms with Gasteiger partial charge in [0.25, 0.3) is 0 Å². The fraction of sp³-hybridized carbons (Fsp3) is 0.160. The number of halogens is 2. The maximum absolute atomic E-state index is 13.8. The van der Waals surface area contributed by atoms with Crippen LogP contribution in [0, 0.1) is 11.6 Å². The summed E-state index contributed by atoms with van der Waals surface area (Å²) in [7, 11) is 0. The Labute approximate surface area is 173 Å². The van der Waals surface area contributed by atoms with Gasteiger partial charge in [-0.15, -0.1) is 0 Å². The smallest absolute Gasteiger partial charge is 0.209 e. The topological polar surface area (TPSA) is 38.3 Å². The third kappa shape index (κ3) is 2.58. The van der Waals surface area contributed by atoms with Gasteiger partial charge in [0.15, 0.2) is 17.4 Å². The third-order valence-electron chi connectivity index (χ3n) is 6.06. The first kappa shape index (κ1) is 18.6. The Morgan fingerprint density at radius 3 is 2.43 bits per heavy atom. The molecule has 0 aliphatic carbocycles. The van der Waals surface area contributed by atoms with Crippen LogP contribution in [0.3, 0.4) is 0 Å². The highest BCUT2D eigenvalue weighted by molar-refractivity contribution is 6.09. The largest absolute Gasteiger partial charge is 0.463 e. The Morgan fingerprint density at radius 2 is 1.67 bits per heavy atom. The molecule has 1 atom stereocenters. The molecule has 5 heteroatoms. The van der Waals surface area contributed by atoms with Crippen LogP contribution in [-0.2, 0) is 5.41 Å². The summed E-state index contributed by atoms with van der Waals surface area (Å²) in [6.45, 7) is 4.00. The first-order valence-corrected chi connectivity index (χ1v) is 9.70. The Kier molecular flexibility index (Phi) is 3.87. The van der Waals surface area contributed by atoms with Gasteiger partial charge in [-0.2, -0.15) is 0 Å². The molecule has 0 radical (unpaired) electrons. The van der Waals surface area contributed by atoms with E-state index in [9.17, 15) is 13.6 Å². The Hall–Kier alpha value is -3.47. The summed E-state index contributed by atoms with van der Waals surface area (Å²) in [5, 5.41) is 3.38. The van der Waals surface area contributed by atoms with Crippen LogP contribution in [0.4, 0.5) is 14.5 Å². The van der Waals surface area contributed by atoms with Crippen LogP contribution in [0.2, 0.25) is 0 Å². The van der Waals surface area contributed by atoms with E-state index < -0.39 is 22.8 Å². The van der Waals surface area contributed by atoms with E-state index in [1.54, 1.807) is 24.3 Å². The van der Waals surface area contributed by atoms with Crippen LogP contribution in [0.1, 0.15) is 40.9 Å². The van der Waals surface area contributed by atoms with E-state index in [-0.39, 0.29) is 11.5 Å². The number of nitrogens with one attached hydrogen (secondary N) is 1. The second-order valence-corrected chi connectivity index (χ2v) is 8.18. The van der Waals surface area contributed by atoms with E-state index >= 15 is 0 Å². The third-order valence-corrected chi connectivity index (χ3v) is 6.06. The molecule has 30 heavy (non-hydrogen) atoms. The fourth-order valence-electron chi connectivity index (χ4n) is 4.20. The fourth-order valence-corrected chi connectivity index (χ4v) is 4.20. The molecule has 0 saturated heterocycles. The van der Waals surface area contributed by atoms with Crippen LogP contribution >= 0.6 is 0 Å². The minimum atomic E-state index is -0.985. The first-order chi connectivity index (χ1) is 14.3. The number of benzene rings is 3. The number of hydrogen-bond donors (Lipinski definition) is 1. The molecule has 1 unspecified atom stereocenters. The molecule has 0 fully saturated rings. The molecule has 2 heterocycles. The number of hydrogen-bond acceptors (Lipinski definition) is 3. The predicted molar refractivity (Wildman–Crippen MR) is 112 cm³/mol. The van der Waals surface area contributed by atoms with E-state index in [1.807, 2.05) is 50.3 Å². The molecule has 3 nitrogen and oxygen atoms in total. The number of ketones is 1. The number of carbonyl (C=O) groups is 1. The number of anilines is 1. The van der Waals surface area contributed by atoms with Gasteiger partial charge < -0.3 is 10.1 Å². The van der Waals surface area contributed by atoms with Crippen LogP contribution in [0.15, 0.2) is 66.7 Å². The highest BCUT2D eigenvalue weighted by Crippen LogP contribution is 2.51. The summed E-state index contributed by atoms with van der Waals surface area (Å²) in [6.07, 6.45) is 3.56. The zero-order valence-corrected chi connectivity index (χ0v) is 16.5. The predicted octanol–water partition coefficient (Wildman–Crippen LogP) is 5.70. The van der Waals surface area contributed by atoms with Gasteiger partial charge in [-0.25, -0.2) is 8.78 Å². The summed E-state index contributed by atoms with van der Waals surface area (Å²) in [6, 6.07) is 16.8. The lowest BCUT2D eigenvalue weighted by atomic mass is 9.76. The van der Waals surface area contributed by atoms with Gasteiger partial charge in [-0.05, 0) is 55.8 Å². The molecule has 2 aliphatic rings. The maximum atomic E-state index is 13.8. The average Bonchev–Trinajstić information content (AvgIpc) is 2.95. The van der Waals surface area contributed by atoms with Crippen molar-refractivity contribution in [2.75, 3.05) is 5.32 Å². The van der Waals surface area contributed by atoms with Crippen LogP contribution in [-0.4, -0.2) is 11.5 Å². The van der Waals surface area contributed by atoms with Crippen molar-refractivity contribution >= 4 is 17.5 Å². The zero-order valence-electron chi connectivity index (χ0n) is 16.5. The van der Waals surface area contributed by atoms with Crippen LogP contribution in [0.25, 0.3) is 6.08 Å². The molecule has 0 bridgehead atoms. The Morgan fingerprint density at radius 1 is 0.933 bits per heavy atom. The number of ether oxygens (including phenoxy) is 1. The lowest BCUT2D eigenvalue weighted by Gasteiger charge is -2.41. The lowest BCUT2D eigenvalue weighted by Crippen LogP contribution is -2.53. The summed E-state index contributed by atoms with van der Waals surface area (Å²) in [5.41, 5.74) is 1.86. The molecule has 0 aromatic heterocycles. The first-order valence-electron chi connectivity index (χ1n) is 9.70. The van der Waals surface area contributed by atoms with Crippen molar-refractivity contribution in [3.8, 4) is 5.75 Å². The average molecular weight is 403 g/mol. The van der Waals surface area contributed by atoms with Crippen molar-refractivity contribution < 1.29 is 18.3 Å². The Bertz CT molecular complexity index is 1220. The van der Waals surface area contributed by atoms with Crippen molar-refractivity contribution in [1.29, 1.82) is 0 Å². The molecule has 5 rings (SSSR count). The zero-order chi connectivity index (χ0) is 21.1. The molecule has 150 valence electrons. The van der Waals surface area contributed by atoms with Crippen molar-refractivity contribution in [3.63, 3.8) is 0 Å². The van der Waals surface area contributed by atoms with Crippen molar-refractivity contribution in [1.82, 2.24) is 0 Å². The quantitative estimate of drug-likeness (QED) is 0.558. The molecule has 0 saturated carbocycles. The van der Waals surface area contributed by atoms with E-state index in [4.69, 9.17) is 4.74 Å². The lowest BCUT2D eigenvalue weighted by molar-refractivity contribution is 0.0816. The molecule has 3 aromatic rings. The minimum absolute atomic E-state index is 0.0573. The molecule has 1 spiro atoms. The van der Waals surface area contributed by atoms with Gasteiger partial charge in [0.2, 0.25) is 5.72 Å². The second-order valence-electron chi connectivity index (χ2n) is 8.18. The monoisotopic (exact) mass is 403 g/mol. The SMILES string of the molecule is CC1(C)c2cc(C(=O)c3ccccc3)ccc2NC12C=Cc1cc(F)c(F)cc1O2. The number of fused-ring (bicyclic) bond motifs is 2. The van der Waals surface area contributed by atoms with Gasteiger partial charge in [0.1, 0.15) is 5.75 Å². The van der Waals surface area contributed by atoms with Crippen molar-refractivity contribution in [2.24, 2.45) is 0 Å². The standard InChI is InChI=1S/C25H19F2NO2/c1-24(2)18-12-17(23(29)15-6-4-3-5-7-15)8-9-21(18)28-25(24)11-10-16-13-19(26)20(27)14-22(16)30-25/h3-14,28H,1-2H3. The van der Waals surface area contributed by atoms with E-state index in [0.717, 1.165) is 23.4 Å². The van der Waals surface area contributed by atoms with Crippen LogP contribution in [0.5, 0.6) is 5.75 Å². The second kappa shape index (κ2) is 6.26. The summed E-state index contributed by atoms with van der Waals surface area (Å²) >= 11 is 0. The van der Waals surface area contributed by atoms with Crippen molar-refractivity contribution in [3.05, 3.63) is 101 Å².